The maximum atomic E-state index is 15.2. The lowest BCUT2D eigenvalue weighted by molar-refractivity contribution is -0.137. The quantitative estimate of drug-likeness (QED) is 0.0208. The highest BCUT2D eigenvalue weighted by Crippen LogP contribution is 2.43. The van der Waals surface area contributed by atoms with Gasteiger partial charge in [-0.1, -0.05) is 88.2 Å². The lowest BCUT2D eigenvalue weighted by Crippen LogP contribution is -2.62. The monoisotopic (exact) mass is 1970 g/mol. The highest BCUT2D eigenvalue weighted by molar-refractivity contribution is 7.80. The number of para-hydroxylation sites is 1. The number of fused-ring (bicyclic) bond motifs is 11. The van der Waals surface area contributed by atoms with E-state index in [1.807, 2.05) is 0 Å². The number of nitrogens with zero attached hydrogens (tertiary/aromatic N) is 1. The minimum atomic E-state index is -1.95. The summed E-state index contributed by atoms with van der Waals surface area (Å²) in [5.74, 6) is -18.4. The van der Waals surface area contributed by atoms with Crippen LogP contribution in [0.25, 0.3) is 44.3 Å². The molecule has 2 aromatic heterocycles. The number of aromatic nitrogens is 3. The molecule has 0 spiro atoms. The molecule has 4 aliphatic rings. The molecule has 11 rings (SSSR count). The highest BCUT2D eigenvalue weighted by atomic mass is 32.1. The summed E-state index contributed by atoms with van der Waals surface area (Å²) in [4.78, 5) is 271. The summed E-state index contributed by atoms with van der Waals surface area (Å²) in [7, 11) is 0. The Morgan fingerprint density at radius 1 is 0.570 bits per heavy atom. The second-order valence-electron chi connectivity index (χ2n) is 35.4. The van der Waals surface area contributed by atoms with Crippen molar-refractivity contribution >= 4 is 145 Å². The Bertz CT molecular complexity index is 6230. The number of aliphatic hydroxyl groups is 1. The van der Waals surface area contributed by atoms with Crippen LogP contribution in [0.2, 0.25) is 0 Å². The maximum absolute atomic E-state index is 15.2. The summed E-state index contributed by atoms with van der Waals surface area (Å²) in [6, 6.07) is 11.3. The molecule has 0 radical (unpaired) electrons. The van der Waals surface area contributed by atoms with Crippen LogP contribution in [0.4, 0.5) is 5.69 Å². The molecule has 13 atom stereocenters. The van der Waals surface area contributed by atoms with Crippen molar-refractivity contribution in [3.63, 3.8) is 0 Å². The molecule has 752 valence electrons. The van der Waals surface area contributed by atoms with Crippen molar-refractivity contribution in [2.24, 2.45) is 17.4 Å². The number of unbranched alkanes of at least 4 members (excludes halogenated alkanes) is 2. The first-order valence-corrected chi connectivity index (χ1v) is 47.0. The fraction of sp³-hybridized carbons (Fsp3) is 0.388. The molecule has 3 aliphatic heterocycles. The summed E-state index contributed by atoms with van der Waals surface area (Å²) in [6.45, 7) is 7.88. The Balaban J connectivity index is 0.925. The number of hydrogen-bond donors (Lipinski definition) is 23. The topological polar surface area (TPSA) is 670 Å². The number of phenols is 1. The Hall–Kier alpha value is -16.0. The van der Waals surface area contributed by atoms with Crippen molar-refractivity contribution in [3.05, 3.63) is 195 Å². The molecule has 4 bridgehead atoms. The third-order valence-corrected chi connectivity index (χ3v) is 24.2. The van der Waals surface area contributed by atoms with Crippen LogP contribution >= 0.6 is 12.2 Å². The number of aromatic hydroxyl groups is 1. The van der Waals surface area contributed by atoms with Crippen LogP contribution in [0.5, 0.6) is 5.75 Å². The zero-order chi connectivity index (χ0) is 103. The van der Waals surface area contributed by atoms with Gasteiger partial charge in [0.2, 0.25) is 76.8 Å². The minimum absolute atomic E-state index is 0.0296. The molecule has 0 saturated carbocycles. The number of aromatic amines is 2. The number of hydrogen-bond acceptors (Lipinski definition) is 23. The lowest BCUT2D eigenvalue weighted by atomic mass is 9.90. The number of H-pyrrole nitrogens is 2. The van der Waals surface area contributed by atoms with E-state index in [1.54, 1.807) is 99.8 Å². The number of aromatic carboxylic acids is 1. The van der Waals surface area contributed by atoms with Crippen molar-refractivity contribution in [1.29, 1.82) is 0 Å². The zero-order valence-corrected chi connectivity index (χ0v) is 79.6. The Kier molecular flexibility index (Phi) is 37.5. The largest absolute Gasteiger partial charge is 0.508 e. The number of aliphatic hydroxyl groups excluding tert-OH is 1. The van der Waals surface area contributed by atoms with Gasteiger partial charge in [0.25, 0.3) is 17.7 Å². The number of carbonyl (C=O) groups is 17. The van der Waals surface area contributed by atoms with Gasteiger partial charge in [0, 0.05) is 120 Å². The van der Waals surface area contributed by atoms with E-state index >= 15 is 33.6 Å². The van der Waals surface area contributed by atoms with E-state index in [2.05, 4.69) is 100 Å². The van der Waals surface area contributed by atoms with Gasteiger partial charge in [-0.2, -0.15) is 0 Å². The van der Waals surface area contributed by atoms with E-state index in [-0.39, 0.29) is 145 Å². The predicted molar refractivity (Wildman–Crippen MR) is 523 cm³/mol. The summed E-state index contributed by atoms with van der Waals surface area (Å²) in [5.41, 5.74) is 13.0. The number of nitrogens with one attached hydrogen (secondary N) is 18. The molecule has 7 aromatic rings. The molecule has 0 fully saturated rings. The SMILES string of the molecule is CCCC[C@@H]1NC(=O)[C@@H]2CCCCNC(=O)c3cc(cc(c3)C(=O)N[C@@H](C)C(=O)N[C@H](Cc3ccccc3)C(=O)N[C@@H](Cc3c[nH]c4ccccc34)C(=O)N[C@H]([C@H](C)O)C(=O)N[C@@H](CCC(N)=O)C(=O)N2)C(=O)NC[C@@H](C(=O)N[C@@H](CCCCNC(=S)Nc2ccc(-c3c4ccc(=O)cc-4oc4cc(O)ccc34)c(C(=O)O)c2)C(N)=O)NC(=O)[C@H](Cc2c[nH]cn2)NC(=O)[C@H](C)NC(=O)[C@@H](CC(C)C)NC1=O. The van der Waals surface area contributed by atoms with E-state index in [1.165, 1.54) is 62.8 Å². The number of carbonyl (C=O) groups excluding carboxylic acids is 16. The fourth-order valence-electron chi connectivity index (χ4n) is 16.3. The third kappa shape index (κ3) is 29.5. The number of carboxylic acids is 1. The number of primary amides is 2. The number of imidazole rings is 1. The van der Waals surface area contributed by atoms with Crippen molar-refractivity contribution in [2.45, 2.75) is 216 Å². The van der Waals surface area contributed by atoms with E-state index in [0.29, 0.717) is 45.0 Å². The first-order valence-electron chi connectivity index (χ1n) is 46.6. The average Bonchev–Trinajstić information content (AvgIpc) is 0.882. The number of carboxylic acid groups (broad SMARTS) is 1. The second kappa shape index (κ2) is 50.0. The highest BCUT2D eigenvalue weighted by Gasteiger charge is 2.40. The van der Waals surface area contributed by atoms with Crippen LogP contribution in [-0.4, -0.2) is 234 Å². The smallest absolute Gasteiger partial charge is 0.336 e. The molecular formula is C98H117N21O22S. The van der Waals surface area contributed by atoms with E-state index in [4.69, 9.17) is 28.1 Å². The molecule has 5 heterocycles. The van der Waals surface area contributed by atoms with Crippen LogP contribution in [0, 0.1) is 5.92 Å². The number of phenolic OH excluding ortho intramolecular Hbond substituents is 1. The van der Waals surface area contributed by atoms with Gasteiger partial charge in [0.15, 0.2) is 10.5 Å². The predicted octanol–water partition coefficient (Wildman–Crippen LogP) is 1.55. The van der Waals surface area contributed by atoms with Gasteiger partial charge in [0.05, 0.1) is 23.7 Å². The Labute approximate surface area is 819 Å². The summed E-state index contributed by atoms with van der Waals surface area (Å²) in [5, 5.41) is 75.9. The van der Waals surface area contributed by atoms with Crippen LogP contribution in [-0.2, 0) is 81.6 Å². The zero-order valence-electron chi connectivity index (χ0n) is 78.8. The van der Waals surface area contributed by atoms with E-state index < -0.39 is 216 Å². The molecule has 5 aromatic carbocycles. The maximum Gasteiger partial charge on any atom is 0.336 e. The van der Waals surface area contributed by atoms with Gasteiger partial charge in [-0.3, -0.25) is 81.5 Å². The summed E-state index contributed by atoms with van der Waals surface area (Å²) >= 11 is 5.62. The average molecular weight is 1970 g/mol. The van der Waals surface area contributed by atoms with Gasteiger partial charge < -0.3 is 126 Å². The van der Waals surface area contributed by atoms with Crippen molar-refractivity contribution in [1.82, 2.24) is 94.7 Å². The molecule has 142 heavy (non-hydrogen) atoms. The number of rotatable bonds is 26. The number of thiocarbonyl (C=S) groups is 1. The number of amides is 16. The van der Waals surface area contributed by atoms with Gasteiger partial charge in [0.1, 0.15) is 89.6 Å². The van der Waals surface area contributed by atoms with Crippen LogP contribution in [0.15, 0.2) is 155 Å². The van der Waals surface area contributed by atoms with Crippen LogP contribution < -0.4 is 102 Å². The normalized spacial score (nSPS) is 21.2. The van der Waals surface area contributed by atoms with E-state index in [9.17, 15) is 68.1 Å². The van der Waals surface area contributed by atoms with E-state index in [0.717, 1.165) is 25.1 Å². The fourth-order valence-corrected chi connectivity index (χ4v) is 16.5. The number of anilines is 1. The minimum Gasteiger partial charge on any atom is -0.508 e. The molecule has 25 N–H and O–H groups in total. The molecular weight excluding hydrogens is 1860 g/mol. The van der Waals surface area contributed by atoms with Crippen molar-refractivity contribution < 1.29 is 101 Å². The molecule has 44 heteroatoms. The summed E-state index contributed by atoms with van der Waals surface area (Å²) < 4.78 is 5.96. The van der Waals surface area contributed by atoms with Gasteiger partial charge in [-0.15, -0.1) is 0 Å². The van der Waals surface area contributed by atoms with Gasteiger partial charge in [-0.05, 0) is 174 Å². The van der Waals surface area contributed by atoms with Gasteiger partial charge in [-0.25, -0.2) is 9.78 Å². The number of benzene rings is 6. The first kappa shape index (κ1) is 106. The number of nitrogens with two attached hydrogens (primary N) is 2. The molecule has 16 amide bonds. The van der Waals surface area contributed by atoms with Crippen molar-refractivity contribution in [2.75, 3.05) is 25.0 Å². The third-order valence-electron chi connectivity index (χ3n) is 23.9. The first-order chi connectivity index (χ1) is 67.8. The van der Waals surface area contributed by atoms with Gasteiger partial charge >= 0.3 is 5.97 Å². The standard InChI is InChI=1S/C98H117N21O22S/c1-7-8-21-69-89(131)116-72(35-49(2)3)91(133)108-51(5)84(126)115-75(42-59-46-101-48-106-59)93(135)118-76(95(137)110-68(82(100)124)23-14-17-34-103-98(142)109-58-25-28-63(66(41-58)97(139)140)80-64-29-26-60(121)43-77(64)141-78-44-61(122)27-30-65(78)80)47-105-86(128)55-37-54-38-56(39-55)87(129)107-50(4)83(125)114-73(36-53-18-10-9-11-19-53)92(134)117-74(40-57-45-104-67-22-13-12-20-62(57)67)94(136)119-81(52(6)120)96(138)113-71(31-32-79(99)123)90(132)112-70(88(130)111-69)24-15-16-33-102-85(54)127/h9-13,18-20,22,25-30,37-39,41,43-46,48-52,68-76,81,104,120-121H,7-8,14-17,21,23-24,31-36,40,42,47H2,1-6H3,(H2,99,123)(H2,100,124)(H,101,106)(H,102,127)(H,105,128)(H,107,129)(H,108,133)(H,110,137)(H,111,130)(H,112,132)(H,113,138)(H,114,125)(H,115,126)(H,116,131)(H,117,134)(H,118,135)(H,119,136)(H,139,140)(H2,103,109,142)/t50-,51-,52-,68-,69-,70-,71-,72+,73+,74-,75-,76-,81+/m0/s1. The Morgan fingerprint density at radius 3 is 1.87 bits per heavy atom. The van der Waals surface area contributed by atoms with Crippen molar-refractivity contribution in [3.8, 4) is 28.2 Å². The van der Waals surface area contributed by atoms with Crippen LogP contribution in [0.1, 0.15) is 177 Å². The molecule has 43 nitrogen and oxygen atoms in total. The molecule has 0 saturated heterocycles. The lowest BCUT2D eigenvalue weighted by Gasteiger charge is -2.29. The molecule has 0 unspecified atom stereocenters. The Morgan fingerprint density at radius 2 is 1.18 bits per heavy atom. The summed E-state index contributed by atoms with van der Waals surface area (Å²) in [6.07, 6.45) is 0.700. The molecule has 1 aliphatic carbocycles. The second-order valence-corrected chi connectivity index (χ2v) is 35.8. The van der Waals surface area contributed by atoms with Crippen LogP contribution in [0.3, 0.4) is 0 Å².